The van der Waals surface area contributed by atoms with Gasteiger partial charge in [-0.15, -0.1) is 0 Å². The van der Waals surface area contributed by atoms with Gasteiger partial charge in [0.25, 0.3) is 11.1 Å². The third kappa shape index (κ3) is 4.29. The molecule has 0 radical (unpaired) electrons. The van der Waals surface area contributed by atoms with Gasteiger partial charge in [0.05, 0.1) is 42.2 Å². The Morgan fingerprint density at radius 1 is 0.543 bits per heavy atom. The zero-order chi connectivity index (χ0) is 32.0. The second kappa shape index (κ2) is 10.0. The van der Waals surface area contributed by atoms with Crippen LogP contribution in [0.25, 0.3) is 63.6 Å². The van der Waals surface area contributed by atoms with Crippen molar-refractivity contribution in [2.45, 2.75) is 27.7 Å². The van der Waals surface area contributed by atoms with Crippen LogP contribution in [-0.4, -0.2) is 29.1 Å². The smallest absolute Gasteiger partial charge is 0.306 e. The predicted molar refractivity (Wildman–Crippen MR) is 185 cm³/mol. The molecular weight excluding hydrogens is 621 g/mol. The molecular formula is C34H24N6O4S2. The summed E-state index contributed by atoms with van der Waals surface area (Å²) in [6.45, 7) is 8.00. The minimum absolute atomic E-state index is 0.286. The van der Waals surface area contributed by atoms with Crippen LogP contribution in [0.15, 0.2) is 79.8 Å². The molecule has 4 aromatic heterocycles. The van der Waals surface area contributed by atoms with E-state index < -0.39 is 22.5 Å². The fourth-order valence-corrected chi connectivity index (χ4v) is 7.75. The Balaban J connectivity index is 1.27. The first-order valence-electron chi connectivity index (χ1n) is 14.4. The molecule has 0 aliphatic heterocycles. The molecule has 0 fully saturated rings. The van der Waals surface area contributed by atoms with Gasteiger partial charge in [-0.25, -0.2) is 28.7 Å². The van der Waals surface area contributed by atoms with Crippen LogP contribution in [0.2, 0.25) is 0 Å². The lowest BCUT2D eigenvalue weighted by Gasteiger charge is -2.08. The number of fused-ring (bicyclic) bond motifs is 4. The zero-order valence-electron chi connectivity index (χ0n) is 25.0. The van der Waals surface area contributed by atoms with E-state index in [0.717, 1.165) is 51.8 Å². The molecule has 0 unspecified atom stereocenters. The lowest BCUT2D eigenvalue weighted by molar-refractivity contribution is 0.893. The van der Waals surface area contributed by atoms with E-state index in [-0.39, 0.29) is 10.3 Å². The van der Waals surface area contributed by atoms with Crippen molar-refractivity contribution in [2.75, 3.05) is 0 Å². The van der Waals surface area contributed by atoms with Crippen molar-refractivity contribution < 1.29 is 0 Å². The number of hydrogen-bond donors (Lipinski definition) is 2. The third-order valence-corrected chi connectivity index (χ3v) is 10.5. The second-order valence-electron chi connectivity index (χ2n) is 11.5. The van der Waals surface area contributed by atoms with Crippen molar-refractivity contribution in [1.82, 2.24) is 29.1 Å². The molecule has 2 N–H and O–H groups in total. The Bertz CT molecular complexity index is 2580. The maximum atomic E-state index is 13.8. The van der Waals surface area contributed by atoms with E-state index in [9.17, 15) is 19.2 Å². The highest BCUT2D eigenvalue weighted by molar-refractivity contribution is 7.21. The topological polar surface area (TPSA) is 136 Å². The number of nitrogens with zero attached hydrogens (tertiary/aromatic N) is 4. The summed E-state index contributed by atoms with van der Waals surface area (Å²) in [4.78, 5) is 68.5. The number of thiazole rings is 2. The van der Waals surface area contributed by atoms with Gasteiger partial charge in [-0.3, -0.25) is 9.59 Å². The van der Waals surface area contributed by atoms with Gasteiger partial charge < -0.3 is 9.97 Å². The Labute approximate surface area is 266 Å². The first kappa shape index (κ1) is 28.0. The lowest BCUT2D eigenvalue weighted by Crippen LogP contribution is -2.33. The molecule has 12 heteroatoms. The summed E-state index contributed by atoms with van der Waals surface area (Å²) in [5.74, 6) is 0. The molecule has 0 saturated carbocycles. The SMILES string of the molecule is Cc1cc2nc(-n3c(=O)[nH]c4ccc(-c5ccc6[nH]c(=O)n(-c7nc8cc(C)c(C)cc8s7)c(=O)c6c5)cc4c3=O)sc2cc1C. The maximum Gasteiger partial charge on any atom is 0.335 e. The average Bonchev–Trinajstić information content (AvgIpc) is 3.60. The fraction of sp³-hybridized carbons (Fsp3) is 0.118. The molecule has 8 rings (SSSR count). The molecule has 0 bridgehead atoms. The predicted octanol–water partition coefficient (Wildman–Crippen LogP) is 5.79. The quantitative estimate of drug-likeness (QED) is 0.250. The maximum absolute atomic E-state index is 13.8. The largest absolute Gasteiger partial charge is 0.335 e. The Morgan fingerprint density at radius 2 is 0.935 bits per heavy atom. The number of H-pyrrole nitrogens is 2. The van der Waals surface area contributed by atoms with Gasteiger partial charge in [-0.2, -0.15) is 0 Å². The van der Waals surface area contributed by atoms with E-state index in [4.69, 9.17) is 0 Å². The second-order valence-corrected chi connectivity index (χ2v) is 13.5. The van der Waals surface area contributed by atoms with Crippen LogP contribution in [-0.2, 0) is 0 Å². The van der Waals surface area contributed by atoms with Gasteiger partial charge in [0.15, 0.2) is 0 Å². The van der Waals surface area contributed by atoms with Crippen LogP contribution >= 0.6 is 22.7 Å². The van der Waals surface area contributed by atoms with Gasteiger partial charge >= 0.3 is 11.4 Å². The minimum Gasteiger partial charge on any atom is -0.306 e. The van der Waals surface area contributed by atoms with Gasteiger partial charge in [0.2, 0.25) is 10.3 Å². The highest BCUT2D eigenvalue weighted by atomic mass is 32.1. The number of benzene rings is 4. The fourth-order valence-electron chi connectivity index (χ4n) is 5.66. The van der Waals surface area contributed by atoms with Crippen LogP contribution < -0.4 is 22.5 Å². The average molecular weight is 645 g/mol. The highest BCUT2D eigenvalue weighted by Gasteiger charge is 2.18. The molecule has 0 saturated heterocycles. The monoisotopic (exact) mass is 644 g/mol. The van der Waals surface area contributed by atoms with Gasteiger partial charge in [-0.05, 0) is 110 Å². The van der Waals surface area contributed by atoms with E-state index in [1.54, 1.807) is 36.4 Å². The number of nitrogens with one attached hydrogen (secondary N) is 2. The molecule has 0 atom stereocenters. The molecule has 226 valence electrons. The van der Waals surface area contributed by atoms with E-state index in [2.05, 4.69) is 19.9 Å². The minimum atomic E-state index is -0.576. The summed E-state index contributed by atoms with van der Waals surface area (Å²) in [5, 5.41) is 1.16. The Kier molecular flexibility index (Phi) is 6.11. The number of rotatable bonds is 3. The third-order valence-electron chi connectivity index (χ3n) is 8.50. The van der Waals surface area contributed by atoms with Crippen LogP contribution in [0.1, 0.15) is 22.3 Å². The Hall–Kier alpha value is -5.46. The van der Waals surface area contributed by atoms with E-state index >= 15 is 0 Å². The van der Waals surface area contributed by atoms with E-state index in [0.29, 0.717) is 32.9 Å². The van der Waals surface area contributed by atoms with E-state index in [1.165, 1.54) is 22.7 Å². The summed E-state index contributed by atoms with van der Waals surface area (Å²) >= 11 is 2.56. The van der Waals surface area contributed by atoms with Crippen molar-refractivity contribution in [3.05, 3.63) is 125 Å². The van der Waals surface area contributed by atoms with Gasteiger partial charge in [0, 0.05) is 0 Å². The van der Waals surface area contributed by atoms with Gasteiger partial charge in [0.1, 0.15) is 0 Å². The van der Waals surface area contributed by atoms with Crippen molar-refractivity contribution in [3.63, 3.8) is 0 Å². The molecule has 8 aromatic rings. The number of aromatic nitrogens is 6. The normalized spacial score (nSPS) is 11.8. The van der Waals surface area contributed by atoms with E-state index in [1.807, 2.05) is 52.0 Å². The van der Waals surface area contributed by atoms with Crippen molar-refractivity contribution in [1.29, 1.82) is 0 Å². The first-order valence-corrected chi connectivity index (χ1v) is 16.0. The summed E-state index contributed by atoms with van der Waals surface area (Å²) in [7, 11) is 0. The van der Waals surface area contributed by atoms with Crippen LogP contribution in [0, 0.1) is 27.7 Å². The number of aryl methyl sites for hydroxylation is 4. The highest BCUT2D eigenvalue weighted by Crippen LogP contribution is 2.29. The van der Waals surface area contributed by atoms with Crippen LogP contribution in [0.4, 0.5) is 0 Å². The summed E-state index contributed by atoms with van der Waals surface area (Å²) in [5.41, 5.74) is 5.73. The van der Waals surface area contributed by atoms with Crippen molar-refractivity contribution >= 4 is 64.9 Å². The summed E-state index contributed by atoms with van der Waals surface area (Å²) < 4.78 is 3.89. The molecule has 4 aromatic carbocycles. The van der Waals surface area contributed by atoms with Gasteiger partial charge in [-0.1, -0.05) is 34.8 Å². The summed E-state index contributed by atoms with van der Waals surface area (Å²) in [6.07, 6.45) is 0. The lowest BCUT2D eigenvalue weighted by atomic mass is 10.0. The molecule has 0 aliphatic carbocycles. The molecule has 0 spiro atoms. The number of hydrogen-bond acceptors (Lipinski definition) is 8. The summed E-state index contributed by atoms with van der Waals surface area (Å²) in [6, 6.07) is 18.2. The van der Waals surface area contributed by atoms with Crippen LogP contribution in [0.3, 0.4) is 0 Å². The Morgan fingerprint density at radius 3 is 1.35 bits per heavy atom. The molecule has 0 amide bonds. The molecule has 46 heavy (non-hydrogen) atoms. The van der Waals surface area contributed by atoms with Crippen molar-refractivity contribution in [3.8, 4) is 21.4 Å². The number of aromatic amines is 2. The standard InChI is InChI=1S/C34H24N6O4S2/c1-15-9-25-27(11-17(15)3)45-33(37-25)39-29(41)21-13-19(5-7-23(21)35-31(39)43)20-6-8-24-22(14-20)30(42)40(32(44)36-24)34-38-26-10-16(2)18(4)12-28(26)46-34/h5-14H,1-4H3,(H,35,43)(H,36,44). The first-order chi connectivity index (χ1) is 22.0. The molecule has 10 nitrogen and oxygen atoms in total. The van der Waals surface area contributed by atoms with Crippen molar-refractivity contribution in [2.24, 2.45) is 0 Å². The zero-order valence-corrected chi connectivity index (χ0v) is 26.6. The molecule has 0 aliphatic rings. The molecule has 4 heterocycles. The van der Waals surface area contributed by atoms with Crippen LogP contribution in [0.5, 0.6) is 0 Å².